The number of aromatic nitrogens is 3. The lowest BCUT2D eigenvalue weighted by Crippen LogP contribution is -1.96. The van der Waals surface area contributed by atoms with E-state index in [0.717, 1.165) is 17.1 Å². The molecule has 3 aromatic rings. The molecule has 20 heavy (non-hydrogen) atoms. The van der Waals surface area contributed by atoms with Crippen molar-refractivity contribution in [2.45, 2.75) is 0 Å². The van der Waals surface area contributed by atoms with Gasteiger partial charge in [0.25, 0.3) is 0 Å². The second-order valence-corrected chi connectivity index (χ2v) is 4.69. The summed E-state index contributed by atoms with van der Waals surface area (Å²) in [5.74, 6) is 0.782. The molecular weight excluding hydrogens is 266 g/mol. The molecule has 3 rings (SSSR count). The average molecular weight is 279 g/mol. The van der Waals surface area contributed by atoms with Gasteiger partial charge < -0.3 is 0 Å². The molecule has 0 saturated carbocycles. The van der Waals surface area contributed by atoms with Crippen molar-refractivity contribution in [1.29, 1.82) is 0 Å². The van der Waals surface area contributed by atoms with Gasteiger partial charge in [-0.15, -0.1) is 0 Å². The van der Waals surface area contributed by atoms with Crippen LogP contribution in [0.15, 0.2) is 60.7 Å². The monoisotopic (exact) mass is 279 g/mol. The maximum absolute atomic E-state index is 5.30. The van der Waals surface area contributed by atoms with Gasteiger partial charge in [-0.25, -0.2) is 0 Å². The molecule has 0 spiro atoms. The highest BCUT2D eigenvalue weighted by atomic mass is 32.1. The third-order valence-electron chi connectivity index (χ3n) is 2.94. The summed E-state index contributed by atoms with van der Waals surface area (Å²) in [6.45, 7) is 0. The van der Waals surface area contributed by atoms with Crippen molar-refractivity contribution in [2.75, 3.05) is 0 Å². The SMILES string of the molecule is S=c1[nH]nc(/C=C/c2ccccc2)n1-c1ccccc1. The van der Waals surface area contributed by atoms with Crippen LogP contribution in [-0.4, -0.2) is 14.8 Å². The van der Waals surface area contributed by atoms with Crippen LogP contribution in [0.4, 0.5) is 0 Å². The second-order valence-electron chi connectivity index (χ2n) is 4.30. The fourth-order valence-electron chi connectivity index (χ4n) is 1.98. The Morgan fingerprint density at radius 1 is 0.900 bits per heavy atom. The van der Waals surface area contributed by atoms with Crippen molar-refractivity contribution in [3.05, 3.63) is 76.8 Å². The number of hydrogen-bond donors (Lipinski definition) is 1. The summed E-state index contributed by atoms with van der Waals surface area (Å²) in [4.78, 5) is 0. The predicted molar refractivity (Wildman–Crippen MR) is 84.1 cm³/mol. The summed E-state index contributed by atoms with van der Waals surface area (Å²) in [7, 11) is 0. The van der Waals surface area contributed by atoms with Crippen LogP contribution in [0.5, 0.6) is 0 Å². The van der Waals surface area contributed by atoms with Crippen molar-refractivity contribution < 1.29 is 0 Å². The van der Waals surface area contributed by atoms with Crippen molar-refractivity contribution in [2.24, 2.45) is 0 Å². The highest BCUT2D eigenvalue weighted by Gasteiger charge is 2.04. The van der Waals surface area contributed by atoms with E-state index in [2.05, 4.69) is 10.2 Å². The number of aromatic amines is 1. The lowest BCUT2D eigenvalue weighted by atomic mass is 10.2. The minimum absolute atomic E-state index is 0.587. The summed E-state index contributed by atoms with van der Waals surface area (Å²) in [6.07, 6.45) is 3.97. The molecule has 0 radical (unpaired) electrons. The van der Waals surface area contributed by atoms with Gasteiger partial charge in [0, 0.05) is 5.69 Å². The molecule has 1 aromatic heterocycles. The number of rotatable bonds is 3. The third-order valence-corrected chi connectivity index (χ3v) is 3.21. The Hall–Kier alpha value is -2.46. The van der Waals surface area contributed by atoms with Gasteiger partial charge in [0.15, 0.2) is 10.6 Å². The van der Waals surface area contributed by atoms with Crippen molar-refractivity contribution in [3.8, 4) is 5.69 Å². The van der Waals surface area contributed by atoms with Crippen LogP contribution >= 0.6 is 12.2 Å². The Bertz CT molecular complexity index is 770. The van der Waals surface area contributed by atoms with E-state index in [9.17, 15) is 0 Å². The molecule has 0 bridgehead atoms. The zero-order valence-electron chi connectivity index (χ0n) is 10.7. The first kappa shape index (κ1) is 12.6. The zero-order chi connectivity index (χ0) is 13.8. The van der Waals surface area contributed by atoms with Gasteiger partial charge in [-0.3, -0.25) is 9.67 Å². The van der Waals surface area contributed by atoms with Gasteiger partial charge in [0.2, 0.25) is 0 Å². The van der Waals surface area contributed by atoms with Crippen LogP contribution in [0.2, 0.25) is 0 Å². The van der Waals surface area contributed by atoms with Gasteiger partial charge in [-0.2, -0.15) is 5.10 Å². The summed E-state index contributed by atoms with van der Waals surface area (Å²) in [6, 6.07) is 20.1. The molecule has 0 aliphatic rings. The van der Waals surface area contributed by atoms with E-state index in [1.807, 2.05) is 77.4 Å². The van der Waals surface area contributed by atoms with Crippen molar-refractivity contribution in [3.63, 3.8) is 0 Å². The summed E-state index contributed by atoms with van der Waals surface area (Å²) < 4.78 is 2.50. The van der Waals surface area contributed by atoms with E-state index in [4.69, 9.17) is 12.2 Å². The van der Waals surface area contributed by atoms with Crippen LogP contribution in [-0.2, 0) is 0 Å². The fourth-order valence-corrected chi connectivity index (χ4v) is 2.23. The molecule has 1 heterocycles. The van der Waals surface area contributed by atoms with Crippen LogP contribution < -0.4 is 0 Å². The molecule has 0 amide bonds. The van der Waals surface area contributed by atoms with E-state index in [-0.39, 0.29) is 0 Å². The Balaban J connectivity index is 2.00. The predicted octanol–water partition coefficient (Wildman–Crippen LogP) is 4.10. The van der Waals surface area contributed by atoms with Crippen LogP contribution in [0.1, 0.15) is 11.4 Å². The molecular formula is C16H13N3S. The maximum atomic E-state index is 5.30. The van der Waals surface area contributed by atoms with Gasteiger partial charge >= 0.3 is 0 Å². The van der Waals surface area contributed by atoms with Crippen LogP contribution in [0.25, 0.3) is 17.8 Å². The van der Waals surface area contributed by atoms with E-state index in [1.165, 1.54) is 0 Å². The first-order chi connectivity index (χ1) is 9.84. The third kappa shape index (κ3) is 2.60. The molecule has 4 heteroatoms. The van der Waals surface area contributed by atoms with Gasteiger partial charge in [0.1, 0.15) is 0 Å². The first-order valence-electron chi connectivity index (χ1n) is 6.30. The Morgan fingerprint density at radius 2 is 1.55 bits per heavy atom. The van der Waals surface area contributed by atoms with Gasteiger partial charge in [-0.05, 0) is 36.0 Å². The minimum atomic E-state index is 0.587. The molecule has 1 N–H and O–H groups in total. The number of benzene rings is 2. The number of para-hydroxylation sites is 1. The Morgan fingerprint density at radius 3 is 2.25 bits per heavy atom. The second kappa shape index (κ2) is 5.67. The minimum Gasteiger partial charge on any atom is -0.269 e. The number of nitrogens with zero attached hydrogens (tertiary/aromatic N) is 2. The first-order valence-corrected chi connectivity index (χ1v) is 6.71. The molecule has 0 aliphatic carbocycles. The molecule has 0 aliphatic heterocycles. The number of nitrogens with one attached hydrogen (secondary N) is 1. The van der Waals surface area contributed by atoms with E-state index >= 15 is 0 Å². The van der Waals surface area contributed by atoms with Crippen LogP contribution in [0, 0.1) is 4.77 Å². The normalized spacial score (nSPS) is 11.0. The van der Waals surface area contributed by atoms with Gasteiger partial charge in [0.05, 0.1) is 0 Å². The molecule has 0 unspecified atom stereocenters. The van der Waals surface area contributed by atoms with E-state index < -0.39 is 0 Å². The standard InChI is InChI=1S/C16H13N3S/c20-16-18-17-15(12-11-13-7-3-1-4-8-13)19(16)14-9-5-2-6-10-14/h1-12H,(H,18,20)/b12-11+. The van der Waals surface area contributed by atoms with E-state index in [0.29, 0.717) is 4.77 Å². The van der Waals surface area contributed by atoms with Crippen LogP contribution in [0.3, 0.4) is 0 Å². The fraction of sp³-hybridized carbons (Fsp3) is 0. The molecule has 0 fully saturated rings. The summed E-state index contributed by atoms with van der Waals surface area (Å²) in [5, 5.41) is 7.10. The Kier molecular flexibility index (Phi) is 3.56. The molecule has 0 atom stereocenters. The number of hydrogen-bond acceptors (Lipinski definition) is 2. The lowest BCUT2D eigenvalue weighted by Gasteiger charge is -2.03. The van der Waals surface area contributed by atoms with Gasteiger partial charge in [-0.1, -0.05) is 54.6 Å². The van der Waals surface area contributed by atoms with Crippen molar-refractivity contribution in [1.82, 2.24) is 14.8 Å². The largest absolute Gasteiger partial charge is 0.269 e. The Labute approximate surface area is 122 Å². The van der Waals surface area contributed by atoms with E-state index in [1.54, 1.807) is 0 Å². The van der Waals surface area contributed by atoms with Crippen molar-refractivity contribution >= 4 is 24.4 Å². The summed E-state index contributed by atoms with van der Waals surface area (Å²) in [5.41, 5.74) is 2.12. The highest BCUT2D eigenvalue weighted by molar-refractivity contribution is 7.71. The average Bonchev–Trinajstić information content (AvgIpc) is 2.88. The number of H-pyrrole nitrogens is 1. The smallest absolute Gasteiger partial charge is 0.200 e. The molecule has 3 nitrogen and oxygen atoms in total. The lowest BCUT2D eigenvalue weighted by molar-refractivity contribution is 1.02. The molecule has 2 aromatic carbocycles. The highest BCUT2D eigenvalue weighted by Crippen LogP contribution is 2.13. The molecule has 98 valence electrons. The quantitative estimate of drug-likeness (QED) is 0.732. The molecule has 0 saturated heterocycles. The maximum Gasteiger partial charge on any atom is 0.200 e. The topological polar surface area (TPSA) is 33.6 Å². The zero-order valence-corrected chi connectivity index (χ0v) is 11.5. The summed E-state index contributed by atoms with van der Waals surface area (Å²) >= 11 is 5.30.